The summed E-state index contributed by atoms with van der Waals surface area (Å²) < 4.78 is 0. The number of rotatable bonds is 0. The SMILES string of the molecule is CC12CC(CC3(C)CC3(C)C1)c1cnc3c(ccc4ccccc43)c12. The van der Waals surface area contributed by atoms with Gasteiger partial charge in [-0.1, -0.05) is 57.2 Å². The zero-order valence-electron chi connectivity index (χ0n) is 15.4. The molecule has 126 valence electrons. The Kier molecular flexibility index (Phi) is 2.34. The molecule has 1 heterocycles. The summed E-state index contributed by atoms with van der Waals surface area (Å²) >= 11 is 0. The number of pyridine rings is 1. The zero-order chi connectivity index (χ0) is 17.0. The van der Waals surface area contributed by atoms with Crippen molar-refractivity contribution < 1.29 is 0 Å². The Bertz CT molecular complexity index is 1070. The van der Waals surface area contributed by atoms with Crippen LogP contribution in [0.5, 0.6) is 0 Å². The summed E-state index contributed by atoms with van der Waals surface area (Å²) in [5.41, 5.74) is 5.80. The first-order valence-corrected chi connectivity index (χ1v) is 9.74. The van der Waals surface area contributed by atoms with Gasteiger partial charge >= 0.3 is 0 Å². The van der Waals surface area contributed by atoms with Gasteiger partial charge in [0.25, 0.3) is 0 Å². The van der Waals surface area contributed by atoms with Crippen LogP contribution in [0.4, 0.5) is 0 Å². The van der Waals surface area contributed by atoms with Gasteiger partial charge in [0.05, 0.1) is 5.52 Å². The lowest BCUT2D eigenvalue weighted by molar-refractivity contribution is 0.305. The Balaban J connectivity index is 1.68. The second-order valence-corrected chi connectivity index (χ2v) is 9.91. The fourth-order valence-corrected chi connectivity index (χ4v) is 6.85. The summed E-state index contributed by atoms with van der Waals surface area (Å²) in [6, 6.07) is 13.3. The second kappa shape index (κ2) is 4.09. The molecule has 3 aliphatic carbocycles. The van der Waals surface area contributed by atoms with Gasteiger partial charge < -0.3 is 0 Å². The minimum Gasteiger partial charge on any atom is -0.255 e. The predicted octanol–water partition coefficient (Wildman–Crippen LogP) is 6.34. The Hall–Kier alpha value is -1.89. The normalized spacial score (nSPS) is 38.4. The van der Waals surface area contributed by atoms with Crippen molar-refractivity contribution in [2.75, 3.05) is 0 Å². The van der Waals surface area contributed by atoms with Crippen molar-refractivity contribution in [1.82, 2.24) is 4.98 Å². The lowest BCUT2D eigenvalue weighted by Gasteiger charge is -2.31. The molecule has 2 saturated carbocycles. The third-order valence-electron chi connectivity index (χ3n) is 8.12. The van der Waals surface area contributed by atoms with Crippen LogP contribution in [0.1, 0.15) is 63.5 Å². The standard InChI is InChI=1S/C24H25N/c1-22-10-16(11-23(2)14-24(23,3)13-22)19-12-25-21-17-7-5-4-6-15(17)8-9-18(21)20(19)22/h4-9,12,16H,10-11,13-14H2,1-3H3. The monoisotopic (exact) mass is 327 g/mol. The van der Waals surface area contributed by atoms with Crippen molar-refractivity contribution in [3.63, 3.8) is 0 Å². The summed E-state index contributed by atoms with van der Waals surface area (Å²) in [6.45, 7) is 7.60. The largest absolute Gasteiger partial charge is 0.255 e. The van der Waals surface area contributed by atoms with Crippen LogP contribution >= 0.6 is 0 Å². The molecule has 3 aliphatic rings. The van der Waals surface area contributed by atoms with E-state index in [0.717, 1.165) is 0 Å². The molecule has 3 aromatic rings. The average Bonchev–Trinajstić information content (AvgIpc) is 2.99. The number of nitrogens with zero attached hydrogens (tertiary/aromatic N) is 1. The lowest BCUT2D eigenvalue weighted by Crippen LogP contribution is -2.24. The topological polar surface area (TPSA) is 12.9 Å². The maximum absolute atomic E-state index is 4.98. The molecule has 2 aromatic carbocycles. The van der Waals surface area contributed by atoms with Crippen molar-refractivity contribution >= 4 is 21.7 Å². The number of aromatic nitrogens is 1. The van der Waals surface area contributed by atoms with E-state index in [2.05, 4.69) is 63.4 Å². The van der Waals surface area contributed by atoms with E-state index >= 15 is 0 Å². The predicted molar refractivity (Wildman–Crippen MR) is 104 cm³/mol. The van der Waals surface area contributed by atoms with Gasteiger partial charge in [-0.3, -0.25) is 4.98 Å². The first kappa shape index (κ1) is 14.3. The van der Waals surface area contributed by atoms with E-state index in [4.69, 9.17) is 4.98 Å². The molecule has 4 unspecified atom stereocenters. The van der Waals surface area contributed by atoms with Crippen LogP contribution < -0.4 is 0 Å². The van der Waals surface area contributed by atoms with Gasteiger partial charge in [-0.15, -0.1) is 0 Å². The molecule has 0 radical (unpaired) electrons. The van der Waals surface area contributed by atoms with Crippen molar-refractivity contribution in [1.29, 1.82) is 0 Å². The first-order chi connectivity index (χ1) is 11.9. The molecule has 1 nitrogen and oxygen atoms in total. The molecule has 1 aromatic heterocycles. The average molecular weight is 327 g/mol. The minimum absolute atomic E-state index is 0.312. The summed E-state index contributed by atoms with van der Waals surface area (Å²) in [5, 5.41) is 4.01. The van der Waals surface area contributed by atoms with E-state index < -0.39 is 0 Å². The summed E-state index contributed by atoms with van der Waals surface area (Å²) in [7, 11) is 0. The molecule has 0 saturated heterocycles. The van der Waals surface area contributed by atoms with E-state index in [0.29, 0.717) is 22.2 Å². The highest BCUT2D eigenvalue weighted by molar-refractivity contribution is 6.06. The van der Waals surface area contributed by atoms with Crippen LogP contribution in [0.2, 0.25) is 0 Å². The first-order valence-electron chi connectivity index (χ1n) is 9.74. The Morgan fingerprint density at radius 3 is 2.60 bits per heavy atom. The molecule has 1 heteroatoms. The molecule has 25 heavy (non-hydrogen) atoms. The van der Waals surface area contributed by atoms with Gasteiger partial charge in [0.1, 0.15) is 0 Å². The third-order valence-corrected chi connectivity index (χ3v) is 8.12. The molecule has 0 amide bonds. The van der Waals surface area contributed by atoms with E-state index in [9.17, 15) is 0 Å². The van der Waals surface area contributed by atoms with Gasteiger partial charge in [-0.25, -0.2) is 0 Å². The van der Waals surface area contributed by atoms with Gasteiger partial charge in [0, 0.05) is 17.0 Å². The van der Waals surface area contributed by atoms with Gasteiger partial charge in [-0.2, -0.15) is 0 Å². The van der Waals surface area contributed by atoms with Crippen LogP contribution in [0.25, 0.3) is 21.7 Å². The number of hydrogen-bond acceptors (Lipinski definition) is 1. The maximum Gasteiger partial charge on any atom is 0.0783 e. The molecule has 2 bridgehead atoms. The third kappa shape index (κ3) is 1.63. The maximum atomic E-state index is 4.98. The molecular formula is C24H25N. The minimum atomic E-state index is 0.312. The van der Waals surface area contributed by atoms with E-state index in [1.54, 1.807) is 11.1 Å². The lowest BCUT2D eigenvalue weighted by atomic mass is 9.73. The van der Waals surface area contributed by atoms with Gasteiger partial charge in [-0.05, 0) is 64.4 Å². The summed E-state index contributed by atoms with van der Waals surface area (Å²) in [6.07, 6.45) is 7.66. The highest BCUT2D eigenvalue weighted by Gasteiger charge is 2.66. The summed E-state index contributed by atoms with van der Waals surface area (Å²) in [4.78, 5) is 4.98. The molecular weight excluding hydrogens is 302 g/mol. The van der Waals surface area contributed by atoms with E-state index in [-0.39, 0.29) is 0 Å². The molecule has 2 fully saturated rings. The number of hydrogen-bond donors (Lipinski definition) is 0. The molecule has 0 N–H and O–H groups in total. The van der Waals surface area contributed by atoms with Gasteiger partial charge in [0.15, 0.2) is 0 Å². The Morgan fingerprint density at radius 2 is 1.72 bits per heavy atom. The Labute approximate surface area is 149 Å². The highest BCUT2D eigenvalue weighted by atomic mass is 14.7. The summed E-state index contributed by atoms with van der Waals surface area (Å²) in [5.74, 6) is 0.706. The van der Waals surface area contributed by atoms with Crippen LogP contribution in [0, 0.1) is 10.8 Å². The quantitative estimate of drug-likeness (QED) is 0.439. The fraction of sp³-hybridized carbons (Fsp3) is 0.458. The zero-order valence-corrected chi connectivity index (χ0v) is 15.4. The molecule has 0 aliphatic heterocycles. The number of fused-ring (bicyclic) bond motifs is 10. The van der Waals surface area contributed by atoms with Crippen LogP contribution in [0.15, 0.2) is 42.6 Å². The van der Waals surface area contributed by atoms with E-state index in [1.807, 2.05) is 0 Å². The smallest absolute Gasteiger partial charge is 0.0783 e. The van der Waals surface area contributed by atoms with Crippen LogP contribution in [-0.2, 0) is 5.41 Å². The van der Waals surface area contributed by atoms with Crippen LogP contribution in [0.3, 0.4) is 0 Å². The van der Waals surface area contributed by atoms with Crippen molar-refractivity contribution in [2.45, 2.75) is 57.8 Å². The van der Waals surface area contributed by atoms with Crippen molar-refractivity contribution in [3.8, 4) is 0 Å². The van der Waals surface area contributed by atoms with E-state index in [1.165, 1.54) is 47.4 Å². The molecule has 6 rings (SSSR count). The highest BCUT2D eigenvalue weighted by Crippen LogP contribution is 2.76. The Morgan fingerprint density at radius 1 is 0.880 bits per heavy atom. The second-order valence-electron chi connectivity index (χ2n) is 9.91. The van der Waals surface area contributed by atoms with Crippen LogP contribution in [-0.4, -0.2) is 4.98 Å². The number of benzene rings is 2. The van der Waals surface area contributed by atoms with Gasteiger partial charge in [0.2, 0.25) is 0 Å². The fourth-order valence-electron chi connectivity index (χ4n) is 6.85. The van der Waals surface area contributed by atoms with Crippen molar-refractivity contribution in [2.24, 2.45) is 10.8 Å². The molecule has 0 spiro atoms. The molecule has 4 atom stereocenters. The van der Waals surface area contributed by atoms with Crippen molar-refractivity contribution in [3.05, 3.63) is 53.7 Å².